The van der Waals surface area contributed by atoms with Gasteiger partial charge in [-0.3, -0.25) is 9.59 Å². The Morgan fingerprint density at radius 2 is 1.38 bits per heavy atom. The van der Waals surface area contributed by atoms with Crippen LogP contribution in [0.25, 0.3) is 0 Å². The Morgan fingerprint density at radius 1 is 0.793 bits per heavy atom. The van der Waals surface area contributed by atoms with Gasteiger partial charge in [0, 0.05) is 5.69 Å². The molecule has 0 unspecified atom stereocenters. The van der Waals surface area contributed by atoms with E-state index in [4.69, 9.17) is 10.9 Å². The summed E-state index contributed by atoms with van der Waals surface area (Å²) < 4.78 is 21.4. The Balaban J connectivity index is 0.000000188. The van der Waals surface area contributed by atoms with Crippen molar-refractivity contribution in [1.29, 1.82) is 0 Å². The molecule has 8 heteroatoms. The number of carbonyl (C=O) groups is 2. The number of carbonyl (C=O) groups excluding carboxylic acids is 2. The van der Waals surface area contributed by atoms with Gasteiger partial charge in [-0.15, -0.1) is 0 Å². The average molecular weight is 409 g/mol. The van der Waals surface area contributed by atoms with Crippen LogP contribution >= 0.6 is 0 Å². The highest BCUT2D eigenvalue weighted by Crippen LogP contribution is 2.29. The molecule has 1 heterocycles. The minimum atomic E-state index is -3.58. The third-order valence-corrected chi connectivity index (χ3v) is 5.20. The summed E-state index contributed by atoms with van der Waals surface area (Å²) in [5, 5.41) is 4.84. The van der Waals surface area contributed by atoms with Gasteiger partial charge in [0.05, 0.1) is 22.7 Å². The summed E-state index contributed by atoms with van der Waals surface area (Å²) in [6.07, 6.45) is 0. The van der Waals surface area contributed by atoms with Gasteiger partial charge in [-0.2, -0.15) is 0 Å². The van der Waals surface area contributed by atoms with Crippen molar-refractivity contribution >= 4 is 33.1 Å². The lowest BCUT2D eigenvalue weighted by Crippen LogP contribution is -2.29. The van der Waals surface area contributed by atoms with E-state index >= 15 is 0 Å². The molecular formula is C21H19N3O4S. The topological polar surface area (TPSA) is 124 Å². The van der Waals surface area contributed by atoms with Crippen LogP contribution < -0.4 is 15.8 Å². The van der Waals surface area contributed by atoms with E-state index in [1.807, 2.05) is 36.4 Å². The number of nitrogen functional groups attached to an aromatic ring is 1. The highest BCUT2D eigenvalue weighted by atomic mass is 32.2. The molecule has 3 aromatic rings. The van der Waals surface area contributed by atoms with Crippen molar-refractivity contribution in [3.63, 3.8) is 0 Å². The number of ketones is 1. The van der Waals surface area contributed by atoms with Crippen molar-refractivity contribution in [1.82, 2.24) is 0 Å². The smallest absolute Gasteiger partial charge is 0.299 e. The molecule has 3 aromatic carbocycles. The number of amides is 1. The molecule has 29 heavy (non-hydrogen) atoms. The first-order valence-corrected chi connectivity index (χ1v) is 10.2. The summed E-state index contributed by atoms with van der Waals surface area (Å²) in [4.78, 5) is 25.4. The molecule has 148 valence electrons. The molecule has 0 saturated carbocycles. The number of nitrogens with zero attached hydrogens (tertiary/aromatic N) is 1. The molecule has 4 rings (SSSR count). The van der Waals surface area contributed by atoms with Crippen LogP contribution in [0.2, 0.25) is 0 Å². The van der Waals surface area contributed by atoms with E-state index < -0.39 is 21.7 Å². The van der Waals surface area contributed by atoms with Gasteiger partial charge in [0.2, 0.25) is 10.0 Å². The van der Waals surface area contributed by atoms with Crippen LogP contribution in [0.15, 0.2) is 83.8 Å². The van der Waals surface area contributed by atoms with Crippen molar-refractivity contribution in [2.75, 3.05) is 10.6 Å². The Hall–Kier alpha value is -3.49. The van der Waals surface area contributed by atoms with E-state index in [9.17, 15) is 18.0 Å². The van der Waals surface area contributed by atoms with E-state index in [1.54, 1.807) is 18.2 Å². The monoisotopic (exact) mass is 409 g/mol. The lowest BCUT2D eigenvalue weighted by atomic mass is 10.1. The first-order chi connectivity index (χ1) is 13.8. The second-order valence-electron chi connectivity index (χ2n) is 6.34. The molecule has 1 amide bonds. The van der Waals surface area contributed by atoms with Gasteiger partial charge in [-0.05, 0) is 42.0 Å². The van der Waals surface area contributed by atoms with Crippen LogP contribution in [-0.2, 0) is 21.4 Å². The van der Waals surface area contributed by atoms with E-state index in [0.29, 0.717) is 23.5 Å². The summed E-state index contributed by atoms with van der Waals surface area (Å²) >= 11 is 0. The number of benzene rings is 3. The Morgan fingerprint density at radius 3 is 2.00 bits per heavy atom. The number of primary sulfonamides is 1. The maximum atomic E-state index is 11.9. The molecule has 1 aliphatic heterocycles. The molecule has 0 atom stereocenters. The van der Waals surface area contributed by atoms with Gasteiger partial charge in [-0.25, -0.2) is 13.6 Å². The van der Waals surface area contributed by atoms with Crippen molar-refractivity contribution in [3.05, 3.63) is 90.0 Å². The lowest BCUT2D eigenvalue weighted by molar-refractivity contribution is -0.114. The third kappa shape index (κ3) is 4.68. The lowest BCUT2D eigenvalue weighted by Gasteiger charge is -2.16. The zero-order valence-electron chi connectivity index (χ0n) is 15.4. The maximum absolute atomic E-state index is 11.9. The number of anilines is 2. The van der Waals surface area contributed by atoms with Crippen molar-refractivity contribution < 1.29 is 18.0 Å². The van der Waals surface area contributed by atoms with E-state index in [2.05, 4.69) is 0 Å². The van der Waals surface area contributed by atoms with Gasteiger partial charge in [0.1, 0.15) is 0 Å². The quantitative estimate of drug-likeness (QED) is 0.508. The number of para-hydroxylation sites is 1. The zero-order chi connectivity index (χ0) is 21.0. The summed E-state index contributed by atoms with van der Waals surface area (Å²) in [6.45, 7) is 0.433. The zero-order valence-corrected chi connectivity index (χ0v) is 16.2. The van der Waals surface area contributed by atoms with E-state index in [1.165, 1.54) is 29.2 Å². The number of hydrogen-bond donors (Lipinski definition) is 2. The van der Waals surface area contributed by atoms with Gasteiger partial charge in [0.15, 0.2) is 0 Å². The fourth-order valence-electron chi connectivity index (χ4n) is 2.83. The van der Waals surface area contributed by atoms with E-state index in [0.717, 1.165) is 5.56 Å². The molecule has 0 aromatic heterocycles. The van der Waals surface area contributed by atoms with E-state index in [-0.39, 0.29) is 4.90 Å². The maximum Gasteiger partial charge on any atom is 0.299 e. The fraction of sp³-hybridized carbons (Fsp3) is 0.0476. The average Bonchev–Trinajstić information content (AvgIpc) is 2.94. The minimum Gasteiger partial charge on any atom is -0.399 e. The molecule has 0 bridgehead atoms. The number of fused-ring (bicyclic) bond motifs is 1. The minimum absolute atomic E-state index is 0.0756. The van der Waals surface area contributed by atoms with Crippen molar-refractivity contribution in [2.45, 2.75) is 11.4 Å². The van der Waals surface area contributed by atoms with Gasteiger partial charge >= 0.3 is 0 Å². The normalized spacial score (nSPS) is 12.9. The second-order valence-corrected chi connectivity index (χ2v) is 7.90. The van der Waals surface area contributed by atoms with Crippen LogP contribution in [0.3, 0.4) is 0 Å². The van der Waals surface area contributed by atoms with Crippen LogP contribution in [0.5, 0.6) is 0 Å². The molecule has 0 aliphatic carbocycles. The summed E-state index contributed by atoms with van der Waals surface area (Å²) in [6, 6.07) is 22.5. The van der Waals surface area contributed by atoms with Crippen LogP contribution in [0.4, 0.5) is 11.4 Å². The van der Waals surface area contributed by atoms with Gasteiger partial charge < -0.3 is 10.6 Å². The Bertz CT molecular complexity index is 1140. The molecule has 0 saturated heterocycles. The van der Waals surface area contributed by atoms with Gasteiger partial charge in [0.25, 0.3) is 11.7 Å². The fourth-order valence-corrected chi connectivity index (χ4v) is 3.34. The molecular weight excluding hydrogens is 390 g/mol. The van der Waals surface area contributed by atoms with Crippen LogP contribution in [-0.4, -0.2) is 20.1 Å². The number of hydrogen-bond acceptors (Lipinski definition) is 5. The molecule has 7 nitrogen and oxygen atoms in total. The number of sulfonamides is 1. The Kier molecular flexibility index (Phi) is 5.76. The van der Waals surface area contributed by atoms with Crippen LogP contribution in [0, 0.1) is 0 Å². The molecule has 0 radical (unpaired) electrons. The number of rotatable bonds is 3. The molecule has 0 spiro atoms. The highest BCUT2D eigenvalue weighted by Gasteiger charge is 2.35. The Labute approximate surface area is 168 Å². The number of Topliss-reactive ketones (excluding diaryl/α,β-unsaturated/α-hetero) is 1. The summed E-state index contributed by atoms with van der Waals surface area (Å²) in [5.41, 5.74) is 8.06. The third-order valence-electron chi connectivity index (χ3n) is 4.27. The molecule has 1 aliphatic rings. The first kappa shape index (κ1) is 20.2. The standard InChI is InChI=1S/C15H11NO2.C6H8N2O2S/c17-14-12-8-4-5-9-13(12)16(15(14)18)10-11-6-2-1-3-7-11;7-5-1-3-6(4-2-5)11(8,9)10/h1-9H,10H2;1-4H,7H2,(H2,8,9,10). The highest BCUT2D eigenvalue weighted by molar-refractivity contribution is 7.89. The first-order valence-electron chi connectivity index (χ1n) is 8.65. The summed E-state index contributed by atoms with van der Waals surface area (Å²) in [7, 11) is -3.58. The molecule has 4 N–H and O–H groups in total. The van der Waals surface area contributed by atoms with Crippen molar-refractivity contribution in [2.24, 2.45) is 5.14 Å². The predicted molar refractivity (Wildman–Crippen MR) is 111 cm³/mol. The van der Waals surface area contributed by atoms with Crippen LogP contribution in [0.1, 0.15) is 15.9 Å². The predicted octanol–water partition coefficient (Wildman–Crippen LogP) is 2.33. The van der Waals surface area contributed by atoms with Crippen molar-refractivity contribution in [3.8, 4) is 0 Å². The largest absolute Gasteiger partial charge is 0.399 e. The summed E-state index contributed by atoms with van der Waals surface area (Å²) in [5.74, 6) is -0.860. The SMILES string of the molecule is Nc1ccc(S(N)(=O)=O)cc1.O=C1C(=O)N(Cc2ccccc2)c2ccccc21. The molecule has 0 fully saturated rings. The number of nitrogens with two attached hydrogens (primary N) is 2. The van der Waals surface area contributed by atoms with Gasteiger partial charge in [-0.1, -0.05) is 42.5 Å². The second kappa shape index (κ2) is 8.26.